The molecular formula is C22H30N4O2. The van der Waals surface area contributed by atoms with Crippen LogP contribution in [0.25, 0.3) is 0 Å². The van der Waals surface area contributed by atoms with Gasteiger partial charge in [-0.05, 0) is 49.3 Å². The number of aromatic nitrogens is 2. The Bertz CT molecular complexity index is 888. The third-order valence-electron chi connectivity index (χ3n) is 5.25. The number of hydrogen-bond acceptors (Lipinski definition) is 4. The van der Waals surface area contributed by atoms with Gasteiger partial charge in [0.05, 0.1) is 11.9 Å². The number of nitrogens with one attached hydrogen (secondary N) is 1. The molecule has 6 heteroatoms. The largest absolute Gasteiger partial charge is 0.365 e. The monoisotopic (exact) mass is 382 g/mol. The number of aryl methyl sites for hydroxylation is 1. The van der Waals surface area contributed by atoms with Gasteiger partial charge in [-0.25, -0.2) is 4.68 Å². The Balaban J connectivity index is 1.90. The molecule has 0 unspecified atom stereocenters. The highest BCUT2D eigenvalue weighted by atomic mass is 16.2. The molecule has 0 aliphatic carbocycles. The normalized spacial score (nSPS) is 14.8. The molecule has 6 nitrogen and oxygen atoms in total. The second-order valence-corrected chi connectivity index (χ2v) is 8.36. The fraction of sp³-hybridized carbons (Fsp3) is 0.500. The van der Waals surface area contributed by atoms with Crippen LogP contribution in [0.5, 0.6) is 0 Å². The predicted molar refractivity (Wildman–Crippen MR) is 113 cm³/mol. The maximum Gasteiger partial charge on any atom is 0.292 e. The summed E-state index contributed by atoms with van der Waals surface area (Å²) in [6.07, 6.45) is 4.87. The first-order valence-electron chi connectivity index (χ1n) is 10.1. The van der Waals surface area contributed by atoms with Crippen LogP contribution in [0, 0.1) is 0 Å². The number of piperidine rings is 1. The molecule has 0 atom stereocenters. The lowest BCUT2D eigenvalue weighted by molar-refractivity contribution is 0.102. The highest BCUT2D eigenvalue weighted by molar-refractivity contribution is 6.05. The minimum atomic E-state index is -0.228. The summed E-state index contributed by atoms with van der Waals surface area (Å²) in [5.74, 6) is -0.228. The molecule has 1 aliphatic heterocycles. The Labute approximate surface area is 166 Å². The van der Waals surface area contributed by atoms with Gasteiger partial charge in [0, 0.05) is 25.2 Å². The van der Waals surface area contributed by atoms with Gasteiger partial charge in [-0.15, -0.1) is 0 Å². The van der Waals surface area contributed by atoms with Crippen molar-refractivity contribution in [2.75, 3.05) is 23.3 Å². The van der Waals surface area contributed by atoms with Crippen LogP contribution in [0.1, 0.15) is 62.9 Å². The number of hydrogen-bond donors (Lipinski definition) is 1. The molecule has 1 amide bonds. The SMILES string of the molecule is CCn1ncc(NC(=O)c2ccc(C(C)(C)C)cc2)c(N2CCCCC2)c1=O. The van der Waals surface area contributed by atoms with Gasteiger partial charge >= 0.3 is 0 Å². The summed E-state index contributed by atoms with van der Waals surface area (Å²) < 4.78 is 1.44. The van der Waals surface area contributed by atoms with Gasteiger partial charge in [-0.1, -0.05) is 32.9 Å². The van der Waals surface area contributed by atoms with Crippen LogP contribution in [-0.4, -0.2) is 28.8 Å². The molecule has 0 radical (unpaired) electrons. The first kappa shape index (κ1) is 20.1. The second kappa shape index (κ2) is 8.17. The van der Waals surface area contributed by atoms with E-state index in [0.717, 1.165) is 25.9 Å². The quantitative estimate of drug-likeness (QED) is 0.873. The molecule has 28 heavy (non-hydrogen) atoms. The zero-order chi connectivity index (χ0) is 20.3. The van der Waals surface area contributed by atoms with Gasteiger partial charge in [0.1, 0.15) is 5.69 Å². The number of nitrogens with zero attached hydrogens (tertiary/aromatic N) is 3. The van der Waals surface area contributed by atoms with Crippen molar-refractivity contribution in [2.45, 2.75) is 58.9 Å². The number of amides is 1. The Morgan fingerprint density at radius 3 is 2.32 bits per heavy atom. The summed E-state index contributed by atoms with van der Waals surface area (Å²) in [7, 11) is 0. The molecule has 1 aromatic carbocycles. The van der Waals surface area contributed by atoms with E-state index in [4.69, 9.17) is 0 Å². The molecule has 2 heterocycles. The molecule has 1 saturated heterocycles. The summed E-state index contributed by atoms with van der Waals surface area (Å²) >= 11 is 0. The summed E-state index contributed by atoms with van der Waals surface area (Å²) in [4.78, 5) is 27.8. The maximum atomic E-state index is 12.9. The van der Waals surface area contributed by atoms with Crippen LogP contribution in [0.3, 0.4) is 0 Å². The van der Waals surface area contributed by atoms with E-state index in [1.165, 1.54) is 16.7 Å². The molecular weight excluding hydrogens is 352 g/mol. The van der Waals surface area contributed by atoms with E-state index in [2.05, 4.69) is 36.1 Å². The van der Waals surface area contributed by atoms with Crippen LogP contribution in [0.4, 0.5) is 11.4 Å². The topological polar surface area (TPSA) is 67.2 Å². The molecule has 2 aromatic rings. The summed E-state index contributed by atoms with van der Waals surface area (Å²) in [6.45, 7) is 10.5. The Morgan fingerprint density at radius 1 is 1.11 bits per heavy atom. The average molecular weight is 383 g/mol. The minimum Gasteiger partial charge on any atom is -0.365 e. The van der Waals surface area contributed by atoms with Crippen molar-refractivity contribution < 1.29 is 4.79 Å². The van der Waals surface area contributed by atoms with Crippen LogP contribution in [-0.2, 0) is 12.0 Å². The standard InChI is InChI=1S/C22H30N4O2/c1-5-26-21(28)19(25-13-7-6-8-14-25)18(15-23-26)24-20(27)16-9-11-17(12-10-16)22(2,3)4/h9-12,15H,5-8,13-14H2,1-4H3,(H,24,27). The number of rotatable bonds is 4. The number of anilines is 2. The number of benzene rings is 1. The van der Waals surface area contributed by atoms with E-state index in [0.29, 0.717) is 23.5 Å². The van der Waals surface area contributed by atoms with Gasteiger partial charge in [0.15, 0.2) is 0 Å². The lowest BCUT2D eigenvalue weighted by Crippen LogP contribution is -2.37. The van der Waals surface area contributed by atoms with Crippen molar-refractivity contribution in [3.8, 4) is 0 Å². The van der Waals surface area contributed by atoms with Crippen molar-refractivity contribution in [3.05, 3.63) is 51.9 Å². The zero-order valence-electron chi connectivity index (χ0n) is 17.3. The lowest BCUT2D eigenvalue weighted by atomic mass is 9.87. The fourth-order valence-corrected chi connectivity index (χ4v) is 3.53. The molecule has 150 valence electrons. The maximum absolute atomic E-state index is 12.9. The van der Waals surface area contributed by atoms with Crippen LogP contribution in [0.15, 0.2) is 35.3 Å². The summed E-state index contributed by atoms with van der Waals surface area (Å²) in [5, 5.41) is 7.13. The highest BCUT2D eigenvalue weighted by Gasteiger charge is 2.22. The van der Waals surface area contributed by atoms with E-state index in [1.54, 1.807) is 6.20 Å². The van der Waals surface area contributed by atoms with Crippen molar-refractivity contribution in [2.24, 2.45) is 0 Å². The van der Waals surface area contributed by atoms with Crippen LogP contribution >= 0.6 is 0 Å². The average Bonchev–Trinajstić information content (AvgIpc) is 2.68. The second-order valence-electron chi connectivity index (χ2n) is 8.36. The summed E-state index contributed by atoms with van der Waals surface area (Å²) in [6, 6.07) is 7.62. The lowest BCUT2D eigenvalue weighted by Gasteiger charge is -2.30. The fourth-order valence-electron chi connectivity index (χ4n) is 3.53. The molecule has 1 fully saturated rings. The molecule has 0 spiro atoms. The molecule has 1 N–H and O–H groups in total. The number of carbonyl (C=O) groups excluding carboxylic acids is 1. The van der Waals surface area contributed by atoms with Crippen molar-refractivity contribution in [1.82, 2.24) is 9.78 Å². The van der Waals surface area contributed by atoms with Crippen LogP contribution in [0.2, 0.25) is 0 Å². The van der Waals surface area contributed by atoms with Gasteiger partial charge < -0.3 is 10.2 Å². The van der Waals surface area contributed by atoms with Gasteiger partial charge in [0.25, 0.3) is 11.5 Å². The van der Waals surface area contributed by atoms with Crippen molar-refractivity contribution in [1.29, 1.82) is 0 Å². The Hall–Kier alpha value is -2.63. The van der Waals surface area contributed by atoms with E-state index >= 15 is 0 Å². The first-order chi connectivity index (χ1) is 13.3. The Kier molecular flexibility index (Phi) is 5.87. The van der Waals surface area contributed by atoms with Gasteiger partial charge in [-0.2, -0.15) is 5.10 Å². The molecule has 0 saturated carbocycles. The van der Waals surface area contributed by atoms with E-state index < -0.39 is 0 Å². The van der Waals surface area contributed by atoms with Gasteiger partial charge in [-0.3, -0.25) is 9.59 Å². The smallest absolute Gasteiger partial charge is 0.292 e. The van der Waals surface area contributed by atoms with Crippen molar-refractivity contribution in [3.63, 3.8) is 0 Å². The third kappa shape index (κ3) is 4.26. The van der Waals surface area contributed by atoms with E-state index in [1.807, 2.05) is 31.2 Å². The zero-order valence-corrected chi connectivity index (χ0v) is 17.3. The van der Waals surface area contributed by atoms with E-state index in [9.17, 15) is 9.59 Å². The number of carbonyl (C=O) groups is 1. The third-order valence-corrected chi connectivity index (χ3v) is 5.25. The van der Waals surface area contributed by atoms with Crippen molar-refractivity contribution >= 4 is 17.3 Å². The first-order valence-corrected chi connectivity index (χ1v) is 10.1. The molecule has 1 aromatic heterocycles. The summed E-state index contributed by atoms with van der Waals surface area (Å²) in [5.41, 5.74) is 2.66. The van der Waals surface area contributed by atoms with Gasteiger partial charge in [0.2, 0.25) is 0 Å². The van der Waals surface area contributed by atoms with Crippen LogP contribution < -0.4 is 15.8 Å². The molecule has 0 bridgehead atoms. The van der Waals surface area contributed by atoms with E-state index in [-0.39, 0.29) is 16.9 Å². The molecule has 3 rings (SSSR count). The Morgan fingerprint density at radius 2 is 1.75 bits per heavy atom. The predicted octanol–water partition coefficient (Wildman–Crippen LogP) is 3.80. The molecule has 1 aliphatic rings. The minimum absolute atomic E-state index is 0.0328. The highest BCUT2D eigenvalue weighted by Crippen LogP contribution is 2.26.